The molecular formula is C28H40N2O2. The molecule has 0 radical (unpaired) electrons. The molecule has 0 spiro atoms. The van der Waals surface area contributed by atoms with Gasteiger partial charge < -0.3 is 15.4 Å². The number of carbonyl (C=O) groups excluding carboxylic acids is 1. The molecule has 0 heterocycles. The third-order valence-corrected chi connectivity index (χ3v) is 7.16. The summed E-state index contributed by atoms with van der Waals surface area (Å²) in [6, 6.07) is 6.01. The van der Waals surface area contributed by atoms with Crippen molar-refractivity contribution >= 4 is 5.78 Å². The van der Waals surface area contributed by atoms with Crippen LogP contribution < -0.4 is 10.5 Å². The molecule has 0 amide bonds. The Morgan fingerprint density at radius 1 is 1.19 bits per heavy atom. The van der Waals surface area contributed by atoms with Gasteiger partial charge in [0.25, 0.3) is 0 Å². The van der Waals surface area contributed by atoms with E-state index >= 15 is 0 Å². The van der Waals surface area contributed by atoms with Crippen LogP contribution in [0.5, 0.6) is 5.75 Å². The van der Waals surface area contributed by atoms with Crippen LogP contribution in [0, 0.1) is 0 Å². The van der Waals surface area contributed by atoms with Crippen molar-refractivity contribution in [2.45, 2.75) is 72.3 Å². The minimum atomic E-state index is -0.255. The number of likely N-dealkylation sites (N-methyl/N-ethyl adjacent to an activating group) is 1. The second kappa shape index (κ2) is 10.2. The van der Waals surface area contributed by atoms with Crippen LogP contribution in [0.3, 0.4) is 0 Å². The summed E-state index contributed by atoms with van der Waals surface area (Å²) >= 11 is 0. The van der Waals surface area contributed by atoms with E-state index in [2.05, 4.69) is 64.7 Å². The number of Topliss-reactive ketones (excluding diaryl/α,β-unsaturated/α-hetero) is 1. The number of hydrogen-bond acceptors (Lipinski definition) is 4. The normalized spacial score (nSPS) is 20.2. The highest BCUT2D eigenvalue weighted by Gasteiger charge is 2.39. The van der Waals surface area contributed by atoms with E-state index < -0.39 is 0 Å². The molecule has 0 bridgehead atoms. The van der Waals surface area contributed by atoms with Crippen molar-refractivity contribution in [1.29, 1.82) is 0 Å². The molecule has 1 unspecified atom stereocenters. The summed E-state index contributed by atoms with van der Waals surface area (Å²) in [5.74, 6) is 0.956. The van der Waals surface area contributed by atoms with Crippen LogP contribution in [0.1, 0.15) is 76.7 Å². The second-order valence-electron chi connectivity index (χ2n) is 9.50. The van der Waals surface area contributed by atoms with Gasteiger partial charge in [0.15, 0.2) is 5.78 Å². The molecule has 0 aliphatic heterocycles. The highest BCUT2D eigenvalue weighted by Crippen LogP contribution is 2.45. The van der Waals surface area contributed by atoms with Crippen molar-refractivity contribution in [3.05, 3.63) is 63.8 Å². The minimum Gasteiger partial charge on any atom is -0.492 e. The van der Waals surface area contributed by atoms with Gasteiger partial charge in [0.2, 0.25) is 0 Å². The van der Waals surface area contributed by atoms with Crippen LogP contribution in [0.2, 0.25) is 0 Å². The highest BCUT2D eigenvalue weighted by atomic mass is 16.5. The summed E-state index contributed by atoms with van der Waals surface area (Å²) in [5.41, 5.74) is 12.1. The van der Waals surface area contributed by atoms with Gasteiger partial charge in [-0.3, -0.25) is 4.79 Å². The Bertz CT molecular complexity index is 948. The average molecular weight is 437 g/mol. The third kappa shape index (κ3) is 4.77. The first-order valence-electron chi connectivity index (χ1n) is 12.2. The van der Waals surface area contributed by atoms with E-state index in [1.165, 1.54) is 5.57 Å². The van der Waals surface area contributed by atoms with Crippen molar-refractivity contribution in [3.63, 3.8) is 0 Å². The first-order chi connectivity index (χ1) is 15.2. The lowest BCUT2D eigenvalue weighted by Crippen LogP contribution is -2.32. The molecule has 4 nitrogen and oxygen atoms in total. The largest absolute Gasteiger partial charge is 0.492 e. The average Bonchev–Trinajstić information content (AvgIpc) is 2.77. The fourth-order valence-corrected chi connectivity index (χ4v) is 4.86. The lowest BCUT2D eigenvalue weighted by atomic mass is 9.66. The summed E-state index contributed by atoms with van der Waals surface area (Å²) in [7, 11) is 0. The van der Waals surface area contributed by atoms with Gasteiger partial charge in [0.05, 0.1) is 0 Å². The maximum absolute atomic E-state index is 13.7. The van der Waals surface area contributed by atoms with Gasteiger partial charge in [-0.2, -0.15) is 0 Å². The predicted octanol–water partition coefficient (Wildman–Crippen LogP) is 5.58. The number of nitrogens with zero attached hydrogens (tertiary/aromatic N) is 1. The molecule has 32 heavy (non-hydrogen) atoms. The standard InChI is InChI=1S/C28H40N2O2/c1-7-10-20-17-21(29)11-13-23(20)26-19(4)28(5,6)25-18-22(12-14-24(25)27(26)31)32-16-15-30(8-2)9-3/h12-14,17-18,21H,7-11,15-16,29H2,1-6H3. The van der Waals surface area contributed by atoms with Gasteiger partial charge in [-0.15, -0.1) is 0 Å². The van der Waals surface area contributed by atoms with Gasteiger partial charge in [0, 0.05) is 29.1 Å². The lowest BCUT2D eigenvalue weighted by molar-refractivity contribution is 0.102. The van der Waals surface area contributed by atoms with Crippen molar-refractivity contribution in [3.8, 4) is 5.75 Å². The zero-order chi connectivity index (χ0) is 23.5. The zero-order valence-electron chi connectivity index (χ0n) is 20.8. The van der Waals surface area contributed by atoms with Gasteiger partial charge in [-0.1, -0.05) is 58.8 Å². The van der Waals surface area contributed by atoms with Crippen LogP contribution in [0.4, 0.5) is 0 Å². The maximum atomic E-state index is 13.7. The van der Waals surface area contributed by atoms with E-state index in [0.29, 0.717) is 6.61 Å². The Balaban J connectivity index is 1.93. The molecule has 2 aliphatic carbocycles. The molecule has 0 fully saturated rings. The van der Waals surface area contributed by atoms with Crippen LogP contribution in [-0.2, 0) is 5.41 Å². The van der Waals surface area contributed by atoms with Crippen LogP contribution in [0.25, 0.3) is 0 Å². The molecule has 1 atom stereocenters. The Morgan fingerprint density at radius 2 is 1.91 bits per heavy atom. The molecule has 0 aromatic heterocycles. The molecule has 174 valence electrons. The summed E-state index contributed by atoms with van der Waals surface area (Å²) in [6.45, 7) is 16.6. The molecule has 2 N–H and O–H groups in total. The molecule has 1 aromatic carbocycles. The maximum Gasteiger partial charge on any atom is 0.193 e. The fraction of sp³-hybridized carbons (Fsp3) is 0.536. The van der Waals surface area contributed by atoms with Crippen LogP contribution >= 0.6 is 0 Å². The Morgan fingerprint density at radius 3 is 2.56 bits per heavy atom. The van der Waals surface area contributed by atoms with Crippen LogP contribution in [0.15, 0.2) is 52.6 Å². The Hall–Kier alpha value is -2.17. The summed E-state index contributed by atoms with van der Waals surface area (Å²) in [5, 5.41) is 0. The van der Waals surface area contributed by atoms with Crippen molar-refractivity contribution in [1.82, 2.24) is 4.90 Å². The first kappa shape index (κ1) is 24.5. The molecule has 2 aliphatic rings. The van der Waals surface area contributed by atoms with Gasteiger partial charge >= 0.3 is 0 Å². The summed E-state index contributed by atoms with van der Waals surface area (Å²) in [6.07, 6.45) is 7.08. The fourth-order valence-electron chi connectivity index (χ4n) is 4.86. The molecule has 3 rings (SSSR count). The minimum absolute atomic E-state index is 0.0382. The summed E-state index contributed by atoms with van der Waals surface area (Å²) in [4.78, 5) is 16.1. The SMILES string of the molecule is CCCC1=CC(N)CC=C1C1=C(C)C(C)(C)c2cc(OCCN(CC)CC)ccc2C1=O. The van der Waals surface area contributed by atoms with E-state index in [4.69, 9.17) is 10.5 Å². The molecule has 0 saturated carbocycles. The quantitative estimate of drug-likeness (QED) is 0.549. The predicted molar refractivity (Wildman–Crippen MR) is 133 cm³/mol. The van der Waals surface area contributed by atoms with E-state index in [1.54, 1.807) is 0 Å². The number of allylic oxidation sites excluding steroid dienone is 4. The lowest BCUT2D eigenvalue weighted by Gasteiger charge is -2.37. The number of hydrogen-bond donors (Lipinski definition) is 1. The van der Waals surface area contributed by atoms with Gasteiger partial charge in [-0.25, -0.2) is 0 Å². The van der Waals surface area contributed by atoms with Crippen molar-refractivity contribution < 1.29 is 9.53 Å². The van der Waals surface area contributed by atoms with E-state index in [0.717, 1.165) is 72.5 Å². The van der Waals surface area contributed by atoms with E-state index in [9.17, 15) is 4.79 Å². The summed E-state index contributed by atoms with van der Waals surface area (Å²) < 4.78 is 6.07. The number of fused-ring (bicyclic) bond motifs is 1. The number of carbonyl (C=O) groups is 1. The van der Waals surface area contributed by atoms with E-state index in [1.807, 2.05) is 12.1 Å². The third-order valence-electron chi connectivity index (χ3n) is 7.16. The number of rotatable bonds is 9. The molecule has 0 saturated heterocycles. The Kier molecular flexibility index (Phi) is 7.79. The number of ether oxygens (including phenoxy) is 1. The first-order valence-corrected chi connectivity index (χ1v) is 12.2. The topological polar surface area (TPSA) is 55.6 Å². The van der Waals surface area contributed by atoms with Crippen molar-refractivity contribution in [2.75, 3.05) is 26.2 Å². The monoisotopic (exact) mass is 436 g/mol. The Labute approximate surface area is 194 Å². The second-order valence-corrected chi connectivity index (χ2v) is 9.50. The number of ketones is 1. The van der Waals surface area contributed by atoms with E-state index in [-0.39, 0.29) is 17.2 Å². The number of benzene rings is 1. The highest BCUT2D eigenvalue weighted by molar-refractivity contribution is 6.15. The van der Waals surface area contributed by atoms with Gasteiger partial charge in [0.1, 0.15) is 12.4 Å². The van der Waals surface area contributed by atoms with Gasteiger partial charge in [-0.05, 0) is 67.8 Å². The smallest absolute Gasteiger partial charge is 0.193 e. The van der Waals surface area contributed by atoms with Crippen molar-refractivity contribution in [2.24, 2.45) is 5.73 Å². The molecular weight excluding hydrogens is 396 g/mol. The zero-order valence-corrected chi connectivity index (χ0v) is 20.8. The number of nitrogens with two attached hydrogens (primary N) is 1. The van der Waals surface area contributed by atoms with Crippen LogP contribution in [-0.4, -0.2) is 43.0 Å². The molecule has 1 aromatic rings. The molecule has 4 heteroatoms.